The summed E-state index contributed by atoms with van der Waals surface area (Å²) in [4.78, 5) is 86.1. The van der Waals surface area contributed by atoms with Gasteiger partial charge >= 0.3 is 18.5 Å². The number of fused-ring (bicyclic) bond motifs is 5. The summed E-state index contributed by atoms with van der Waals surface area (Å²) in [5.41, 5.74) is 0. The fourth-order valence-electron chi connectivity index (χ4n) is 13.3. The molecule has 20 nitrogen and oxygen atoms in total. The average Bonchev–Trinajstić information content (AvgIpc) is 1.54. The van der Waals surface area contributed by atoms with Crippen LogP contribution >= 0.6 is 103 Å². The highest BCUT2D eigenvalue weighted by Gasteiger charge is 2.57. The minimum atomic E-state index is -2.15. The number of hydrogen-bond donors (Lipinski definition) is 2. The van der Waals surface area contributed by atoms with Crippen molar-refractivity contribution in [1.29, 1.82) is 0 Å². The van der Waals surface area contributed by atoms with Gasteiger partial charge in [0.05, 0.1) is 61.0 Å². The standard InChI is InChI=1S/C28H46ClIO4Si.2C21H30ClIO5.3CO2.CH4/c1-10-23-14-16-24-26(32-23)19(3)20(4)27(33-24)25(34-35(8,9)28(5,6)7)15-13-22(31)12-11-21(29)17-18(2)30;2*1-4-15-7-8-16-19(26-15)12(3)20-21(27-16)18(25)17(28-20)10-14(24)6-5-13(22)9-11(2)23;3*2-1-3;/h19-21,23-27H,2,10-12,14,16-17H2,1,3-9H3;2*10,12-13,15-16,18-21,25H,2,4-9H2,1,3H3;;;;1H4/b;17-10+;17-10-;;;;/t19-,20+,21-,23+,24+,25+,26-,27-;2*12-,13+,15-,16-,18-,19+,20-,21?;;;;/m100..../s1. The van der Waals surface area contributed by atoms with E-state index >= 15 is 0 Å². The number of aliphatic hydroxyl groups is 2. The van der Waals surface area contributed by atoms with E-state index in [1.54, 1.807) is 0 Å². The van der Waals surface area contributed by atoms with E-state index in [1.165, 1.54) is 12.2 Å². The summed E-state index contributed by atoms with van der Waals surface area (Å²) in [7, 11) is -2.15. The first-order chi connectivity index (χ1) is 47.0. The van der Waals surface area contributed by atoms with Crippen LogP contribution in [0, 0.1) is 35.5 Å². The zero-order valence-electron chi connectivity index (χ0n) is 59.9. The van der Waals surface area contributed by atoms with Crippen LogP contribution in [0.2, 0.25) is 18.1 Å². The Labute approximate surface area is 656 Å². The molecule has 101 heavy (non-hydrogen) atoms. The number of ether oxygens (including phenoxy) is 8. The zero-order valence-corrected chi connectivity index (χ0v) is 69.6. The van der Waals surface area contributed by atoms with Crippen molar-refractivity contribution in [3.63, 3.8) is 0 Å². The lowest BCUT2D eigenvalue weighted by Crippen LogP contribution is -2.58. The summed E-state index contributed by atoms with van der Waals surface area (Å²) in [6.45, 7) is 37.8. The fraction of sp³-hybridized carbons (Fsp3) is 0.757. The number of Topliss-reactive ketones (excluding diaryl/α,β-unsaturated/α-hetero) is 1. The van der Waals surface area contributed by atoms with Crippen LogP contribution in [0.4, 0.5) is 0 Å². The Bertz CT molecular complexity index is 2760. The van der Waals surface area contributed by atoms with Gasteiger partial charge in [-0.25, -0.2) is 0 Å². The molecule has 0 aromatic heterocycles. The van der Waals surface area contributed by atoms with Crippen LogP contribution in [0.5, 0.6) is 0 Å². The molecule has 0 spiro atoms. The number of aliphatic hydroxyl groups excluding tert-OH is 2. The molecule has 2 unspecified atom stereocenters. The third-order valence-corrected chi connectivity index (χ3v) is 27.0. The number of ketones is 3. The highest BCUT2D eigenvalue weighted by Crippen LogP contribution is 2.47. The largest absolute Gasteiger partial charge is 0.489 e. The number of carbonyl (C=O) groups excluding carboxylic acids is 9. The van der Waals surface area contributed by atoms with Crippen LogP contribution < -0.4 is 0 Å². The zero-order chi connectivity index (χ0) is 75.5. The molecular formula is C74H110Cl3I3O20Si. The molecule has 27 heteroatoms. The van der Waals surface area contributed by atoms with Gasteiger partial charge < -0.3 is 52.5 Å². The Morgan fingerprint density at radius 2 is 0.871 bits per heavy atom. The van der Waals surface area contributed by atoms with Crippen molar-refractivity contribution in [2.24, 2.45) is 23.7 Å². The van der Waals surface area contributed by atoms with Crippen molar-refractivity contribution in [2.75, 3.05) is 0 Å². The minimum absolute atomic E-state index is 0. The molecule has 2 N–H and O–H groups in total. The van der Waals surface area contributed by atoms with E-state index in [1.807, 2.05) is 0 Å². The predicted molar refractivity (Wildman–Crippen MR) is 412 cm³/mol. The van der Waals surface area contributed by atoms with Crippen LogP contribution in [0.15, 0.2) is 54.1 Å². The van der Waals surface area contributed by atoms with E-state index in [0.717, 1.165) is 68.5 Å². The number of carbonyl (C=O) groups is 3. The van der Waals surface area contributed by atoms with Gasteiger partial charge in [-0.15, -0.1) is 34.8 Å². The highest BCUT2D eigenvalue weighted by molar-refractivity contribution is 14.1. The van der Waals surface area contributed by atoms with Gasteiger partial charge in [0, 0.05) is 59.4 Å². The maximum Gasteiger partial charge on any atom is 0.373 e. The lowest BCUT2D eigenvalue weighted by molar-refractivity contribution is -0.238. The first-order valence-corrected chi connectivity index (χ1v) is 42.2. The maximum atomic E-state index is 12.7. The third kappa shape index (κ3) is 30.1. The molecule has 0 aliphatic carbocycles. The van der Waals surface area contributed by atoms with Gasteiger partial charge in [-0.05, 0) is 211 Å². The van der Waals surface area contributed by atoms with Crippen LogP contribution in [-0.4, -0.2) is 174 Å². The van der Waals surface area contributed by atoms with E-state index in [4.69, 9.17) is 106 Å². The molecule has 0 saturated carbocycles. The number of allylic oxidation sites excluding steroid dienone is 5. The lowest BCUT2D eigenvalue weighted by atomic mass is 9.77. The van der Waals surface area contributed by atoms with Crippen LogP contribution in [0.1, 0.15) is 192 Å². The number of alkyl halides is 3. The second-order valence-electron chi connectivity index (χ2n) is 28.4. The first-order valence-electron chi connectivity index (χ1n) is 34.7. The van der Waals surface area contributed by atoms with Gasteiger partial charge in [0.1, 0.15) is 54.2 Å². The normalized spacial score (nSPS) is 33.0. The Kier molecular flexibility index (Phi) is 44.2. The van der Waals surface area contributed by atoms with Crippen LogP contribution in [0.25, 0.3) is 0 Å². The van der Waals surface area contributed by atoms with E-state index in [-0.39, 0.29) is 149 Å². The lowest BCUT2D eigenvalue weighted by Gasteiger charge is -2.50. The second kappa shape index (κ2) is 47.0. The molecule has 8 heterocycles. The molecule has 8 saturated heterocycles. The molecule has 24 atom stereocenters. The van der Waals surface area contributed by atoms with E-state index < -0.39 is 38.8 Å². The fourth-order valence-corrected chi connectivity index (χ4v) is 17.8. The quantitative estimate of drug-likeness (QED) is 0.0240. The molecular weight excluding hydrogens is 1720 g/mol. The van der Waals surface area contributed by atoms with Gasteiger partial charge in [-0.1, -0.05) is 102 Å². The monoisotopic (exact) mass is 1830 g/mol. The Morgan fingerprint density at radius 3 is 1.20 bits per heavy atom. The molecule has 8 aliphatic heterocycles. The van der Waals surface area contributed by atoms with Crippen molar-refractivity contribution in [1.82, 2.24) is 0 Å². The third-order valence-electron chi connectivity index (χ3n) is 20.1. The van der Waals surface area contributed by atoms with Gasteiger partial charge in [0.15, 0.2) is 19.9 Å². The molecule has 0 bridgehead atoms. The van der Waals surface area contributed by atoms with Crippen molar-refractivity contribution in [3.8, 4) is 11.8 Å². The Hall–Kier alpha value is -2.07. The molecule has 8 aliphatic rings. The summed E-state index contributed by atoms with van der Waals surface area (Å²) < 4.78 is 59.6. The molecule has 0 radical (unpaired) electrons. The number of rotatable bonds is 23. The summed E-state index contributed by atoms with van der Waals surface area (Å²) in [5, 5.41) is 21.1. The predicted octanol–water partition coefficient (Wildman–Crippen LogP) is 15.1. The Morgan fingerprint density at radius 1 is 0.545 bits per heavy atom. The first kappa shape index (κ1) is 95.0. The summed E-state index contributed by atoms with van der Waals surface area (Å²) in [5.74, 6) is 7.18. The summed E-state index contributed by atoms with van der Waals surface area (Å²) >= 11 is 25.3. The van der Waals surface area contributed by atoms with E-state index in [9.17, 15) is 24.6 Å². The van der Waals surface area contributed by atoms with Crippen molar-refractivity contribution in [2.45, 2.75) is 330 Å². The highest BCUT2D eigenvalue weighted by atomic mass is 127. The van der Waals surface area contributed by atoms with Crippen molar-refractivity contribution >= 4 is 147 Å². The second-order valence-corrected chi connectivity index (χ2v) is 39.6. The van der Waals surface area contributed by atoms with Gasteiger partial charge in [-0.2, -0.15) is 28.8 Å². The maximum absolute atomic E-state index is 12.7. The number of halogens is 6. The summed E-state index contributed by atoms with van der Waals surface area (Å²) in [6, 6.07) is 0. The molecule has 0 aromatic carbocycles. The molecule has 572 valence electrons. The number of hydrogen-bond acceptors (Lipinski definition) is 20. The van der Waals surface area contributed by atoms with Crippen molar-refractivity contribution < 1.29 is 95.7 Å². The van der Waals surface area contributed by atoms with E-state index in [2.05, 4.69) is 182 Å². The Balaban J connectivity index is 0.000000486. The molecule has 8 rings (SSSR count). The molecule has 8 fully saturated rings. The smallest absolute Gasteiger partial charge is 0.373 e. The SMILES string of the molecule is C.C=C(I)C[C@H](Cl)CCC(=O)/C=C1/O[C@@H]2C(O[C@H]3CC[C@H](CC)O[C@@H]3[C@@H]2C)[C@H]1O.C=C(I)C[C@H](Cl)CCC(=O)/C=C1\O[C@@H]2C(O[C@H]3CC[C@H](CC)O[C@@H]3[C@@H]2C)[C@H]1O.C=C(I)C[C@H](Cl)CCC(=O)C#C[C@H](O[Si](C)(C)C(C)(C)C)[C@@H]1O[C@H]2CC[C@H](CC)O[C@@H]2[C@H](C)[C@@H]1C.O=C=O.O=C=O.O=C=O. The topological polar surface area (TPSA) is 277 Å². The van der Waals surface area contributed by atoms with Gasteiger partial charge in [0.2, 0.25) is 5.78 Å². The molecule has 0 amide bonds. The van der Waals surface area contributed by atoms with Crippen molar-refractivity contribution in [3.05, 3.63) is 54.1 Å². The van der Waals surface area contributed by atoms with E-state index in [0.29, 0.717) is 81.3 Å². The summed E-state index contributed by atoms with van der Waals surface area (Å²) in [6.07, 6.45) is 14.1. The minimum Gasteiger partial charge on any atom is -0.489 e. The van der Waals surface area contributed by atoms with Crippen LogP contribution in [-0.2, 0) is 85.5 Å². The van der Waals surface area contributed by atoms with Gasteiger partial charge in [0.25, 0.3) is 0 Å². The van der Waals surface area contributed by atoms with Gasteiger partial charge in [-0.3, -0.25) is 14.4 Å². The molecule has 0 aromatic rings. The average molecular weight is 1830 g/mol. The van der Waals surface area contributed by atoms with Crippen LogP contribution in [0.3, 0.4) is 0 Å².